The third-order valence-corrected chi connectivity index (χ3v) is 8.55. The lowest BCUT2D eigenvalue weighted by Gasteiger charge is -2.45. The van der Waals surface area contributed by atoms with E-state index in [-0.39, 0.29) is 12.8 Å². The Balaban J connectivity index is 1.22. The second-order valence-electron chi connectivity index (χ2n) is 10.8. The molecule has 0 spiro atoms. The van der Waals surface area contributed by atoms with Gasteiger partial charge in [0, 0.05) is 43.5 Å². The van der Waals surface area contributed by atoms with Gasteiger partial charge in [-0.05, 0) is 57.7 Å². The third kappa shape index (κ3) is 4.45. The molecule has 34 heavy (non-hydrogen) atoms. The Hall–Kier alpha value is -1.42. The lowest BCUT2D eigenvalue weighted by molar-refractivity contribution is -0.117. The fraction of sp³-hybridized carbons (Fsp3) is 0.769. The lowest BCUT2D eigenvalue weighted by atomic mass is 9.93. The maximum atomic E-state index is 11.2. The molecule has 1 aromatic carbocycles. The summed E-state index contributed by atoms with van der Waals surface area (Å²) in [5.74, 6) is 1.23. The average molecular weight is 475 g/mol. The fourth-order valence-electron chi connectivity index (χ4n) is 6.20. The van der Waals surface area contributed by atoms with Gasteiger partial charge in [-0.3, -0.25) is 15.1 Å². The predicted octanol–water partition coefficient (Wildman–Crippen LogP) is 1.96. The van der Waals surface area contributed by atoms with Gasteiger partial charge in [-0.15, -0.1) is 0 Å². The molecule has 0 amide bonds. The molecular formula is C26H42N4O4. The van der Waals surface area contributed by atoms with E-state index in [4.69, 9.17) is 9.47 Å². The summed E-state index contributed by atoms with van der Waals surface area (Å²) < 4.78 is 12.4. The number of likely N-dealkylation sites (tertiary alicyclic amines) is 1. The van der Waals surface area contributed by atoms with E-state index in [2.05, 4.69) is 40.3 Å². The molecule has 4 heterocycles. The van der Waals surface area contributed by atoms with Crippen molar-refractivity contribution in [3.63, 3.8) is 0 Å². The summed E-state index contributed by atoms with van der Waals surface area (Å²) in [6.45, 7) is 10.2. The highest BCUT2D eigenvalue weighted by Gasteiger charge is 2.57. The molecule has 0 bridgehead atoms. The largest absolute Gasteiger partial charge is 0.491 e. The zero-order chi connectivity index (χ0) is 23.9. The number of anilines is 1. The Bertz CT molecular complexity index is 852. The molecule has 8 nitrogen and oxygen atoms in total. The van der Waals surface area contributed by atoms with E-state index in [1.165, 1.54) is 18.4 Å². The Morgan fingerprint density at radius 1 is 1.32 bits per heavy atom. The van der Waals surface area contributed by atoms with Crippen LogP contribution in [0.25, 0.3) is 0 Å². The van der Waals surface area contributed by atoms with Gasteiger partial charge in [-0.2, -0.15) is 0 Å². The van der Waals surface area contributed by atoms with Gasteiger partial charge in [-0.1, -0.05) is 19.4 Å². The van der Waals surface area contributed by atoms with Crippen LogP contribution < -0.4 is 15.4 Å². The topological polar surface area (TPSA) is 89.5 Å². The van der Waals surface area contributed by atoms with Crippen molar-refractivity contribution >= 4 is 5.69 Å². The quantitative estimate of drug-likeness (QED) is 0.477. The summed E-state index contributed by atoms with van der Waals surface area (Å²) in [4.78, 5) is 4.75. The highest BCUT2D eigenvalue weighted by Crippen LogP contribution is 2.39. The summed E-state index contributed by atoms with van der Waals surface area (Å²) in [5.41, 5.74) is 1.04. The first-order valence-corrected chi connectivity index (χ1v) is 13.2. The Labute approximate surface area is 203 Å². The Kier molecular flexibility index (Phi) is 7.08. The Morgan fingerprint density at radius 3 is 3.00 bits per heavy atom. The number of ether oxygens (including phenoxy) is 2. The van der Waals surface area contributed by atoms with Crippen molar-refractivity contribution in [2.75, 3.05) is 38.2 Å². The van der Waals surface area contributed by atoms with Crippen molar-refractivity contribution in [3.05, 3.63) is 23.8 Å². The average Bonchev–Trinajstić information content (AvgIpc) is 3.36. The van der Waals surface area contributed by atoms with Gasteiger partial charge in [0.15, 0.2) is 0 Å². The summed E-state index contributed by atoms with van der Waals surface area (Å²) >= 11 is 0. The minimum Gasteiger partial charge on any atom is -0.491 e. The van der Waals surface area contributed by atoms with Crippen LogP contribution in [0.4, 0.5) is 5.69 Å². The molecule has 0 radical (unpaired) electrons. The van der Waals surface area contributed by atoms with Crippen molar-refractivity contribution < 1.29 is 19.7 Å². The molecule has 4 aliphatic heterocycles. The molecule has 3 unspecified atom stereocenters. The predicted molar refractivity (Wildman–Crippen MR) is 132 cm³/mol. The van der Waals surface area contributed by atoms with Gasteiger partial charge >= 0.3 is 0 Å². The van der Waals surface area contributed by atoms with Crippen molar-refractivity contribution in [1.29, 1.82) is 0 Å². The van der Waals surface area contributed by atoms with Crippen molar-refractivity contribution in [2.24, 2.45) is 5.92 Å². The molecule has 7 atom stereocenters. The first kappa shape index (κ1) is 24.3. The van der Waals surface area contributed by atoms with Gasteiger partial charge in [0.05, 0.1) is 6.17 Å². The standard InChI is InChI=1S/C26H42N4O4/c1-4-5-12-29-16-28-24-20(17(29)2)10-13-30(24)25-23(31)26(3,32)22(34-25)15-33-19-9-8-18-7-6-11-27-21(18)14-19/h8-9,14,17,20,22-25,27-28,31-32H,4-7,10-13,15-16H2,1-3H3/t17?,20?,22-,23+,24?,25-,26-/m1/s1. The number of hydrogen-bond donors (Lipinski definition) is 4. The van der Waals surface area contributed by atoms with Crippen LogP contribution in [0.15, 0.2) is 18.2 Å². The van der Waals surface area contributed by atoms with Gasteiger partial charge in [0.2, 0.25) is 0 Å². The van der Waals surface area contributed by atoms with Gasteiger partial charge in [0.1, 0.15) is 36.4 Å². The number of rotatable bonds is 7. The highest BCUT2D eigenvalue weighted by atomic mass is 16.6. The number of aryl methyl sites for hydroxylation is 1. The van der Waals surface area contributed by atoms with E-state index in [1.54, 1.807) is 6.92 Å². The van der Waals surface area contributed by atoms with Crippen LogP contribution in [-0.4, -0.2) is 89.2 Å². The SMILES string of the molecule is CCCCN1CNC2C(CCN2[C@@H]2O[C@H](COc3ccc4c(c3)NCCC4)[C@@](C)(O)[C@H]2O)C1C. The van der Waals surface area contributed by atoms with E-state index in [0.29, 0.717) is 12.0 Å². The molecule has 3 saturated heterocycles. The van der Waals surface area contributed by atoms with E-state index < -0.39 is 24.0 Å². The minimum absolute atomic E-state index is 0.148. The van der Waals surface area contributed by atoms with Gasteiger partial charge < -0.3 is 25.0 Å². The van der Waals surface area contributed by atoms with E-state index in [9.17, 15) is 10.2 Å². The molecule has 1 aromatic rings. The molecule has 190 valence electrons. The maximum absolute atomic E-state index is 11.2. The van der Waals surface area contributed by atoms with E-state index in [0.717, 1.165) is 57.0 Å². The number of aliphatic hydroxyl groups excluding tert-OH is 1. The van der Waals surface area contributed by atoms with Crippen LogP contribution in [0.2, 0.25) is 0 Å². The zero-order valence-electron chi connectivity index (χ0n) is 20.9. The minimum atomic E-state index is -1.39. The number of nitrogens with zero attached hydrogens (tertiary/aromatic N) is 2. The first-order valence-electron chi connectivity index (χ1n) is 13.2. The van der Waals surface area contributed by atoms with Crippen molar-refractivity contribution in [3.8, 4) is 5.75 Å². The van der Waals surface area contributed by atoms with Crippen LogP contribution in [0.3, 0.4) is 0 Å². The molecule has 0 aliphatic carbocycles. The van der Waals surface area contributed by atoms with Crippen molar-refractivity contribution in [1.82, 2.24) is 15.1 Å². The smallest absolute Gasteiger partial charge is 0.141 e. The summed E-state index contributed by atoms with van der Waals surface area (Å²) in [5, 5.41) is 29.4. The Morgan fingerprint density at radius 2 is 2.18 bits per heavy atom. The second-order valence-corrected chi connectivity index (χ2v) is 10.8. The third-order valence-electron chi connectivity index (χ3n) is 8.55. The van der Waals surface area contributed by atoms with E-state index in [1.807, 2.05) is 12.1 Å². The molecule has 8 heteroatoms. The number of fused-ring (bicyclic) bond motifs is 2. The van der Waals surface area contributed by atoms with Crippen LogP contribution in [0, 0.1) is 5.92 Å². The monoisotopic (exact) mass is 474 g/mol. The molecule has 5 rings (SSSR count). The van der Waals surface area contributed by atoms with Crippen LogP contribution >= 0.6 is 0 Å². The number of unbranched alkanes of at least 4 members (excludes halogenated alkanes) is 1. The van der Waals surface area contributed by atoms with Crippen LogP contribution in [0.5, 0.6) is 5.75 Å². The zero-order valence-corrected chi connectivity index (χ0v) is 20.9. The summed E-state index contributed by atoms with van der Waals surface area (Å²) in [6, 6.07) is 6.59. The molecule has 0 saturated carbocycles. The van der Waals surface area contributed by atoms with Gasteiger partial charge in [-0.25, -0.2) is 0 Å². The lowest BCUT2D eigenvalue weighted by Crippen LogP contribution is -2.63. The van der Waals surface area contributed by atoms with Crippen LogP contribution in [0.1, 0.15) is 52.0 Å². The molecule has 3 fully saturated rings. The molecule has 4 N–H and O–H groups in total. The number of hydrogen-bond acceptors (Lipinski definition) is 8. The van der Waals surface area contributed by atoms with Crippen molar-refractivity contribution in [2.45, 2.75) is 89.1 Å². The molecule has 0 aromatic heterocycles. The van der Waals surface area contributed by atoms with E-state index >= 15 is 0 Å². The highest BCUT2D eigenvalue weighted by molar-refractivity contribution is 5.56. The maximum Gasteiger partial charge on any atom is 0.141 e. The number of nitrogens with one attached hydrogen (secondary N) is 2. The first-order chi connectivity index (χ1) is 16.4. The molecule has 4 aliphatic rings. The summed E-state index contributed by atoms with van der Waals surface area (Å²) in [6.07, 6.45) is 3.68. The molecular weight excluding hydrogens is 432 g/mol. The second kappa shape index (κ2) is 9.91. The van der Waals surface area contributed by atoms with Gasteiger partial charge in [0.25, 0.3) is 0 Å². The summed E-state index contributed by atoms with van der Waals surface area (Å²) in [7, 11) is 0. The number of benzene rings is 1. The number of aliphatic hydroxyl groups is 2. The van der Waals surface area contributed by atoms with Crippen LogP contribution in [-0.2, 0) is 11.2 Å². The normalized spacial score (nSPS) is 38.4. The fourth-order valence-corrected chi connectivity index (χ4v) is 6.20.